The van der Waals surface area contributed by atoms with Crippen LogP contribution in [0.5, 0.6) is 0 Å². The van der Waals surface area contributed by atoms with Gasteiger partial charge in [0.05, 0.1) is 4.90 Å². The second kappa shape index (κ2) is 7.54. The lowest BCUT2D eigenvalue weighted by molar-refractivity contribution is 0.342. The maximum Gasteiger partial charge on any atom is 0.244 e. The Bertz CT molecular complexity index is 546. The molecule has 4 nitrogen and oxygen atoms in total. The number of nitrogens with zero attached hydrogens (tertiary/aromatic N) is 1. The van der Waals surface area contributed by atoms with Gasteiger partial charge >= 0.3 is 0 Å². The summed E-state index contributed by atoms with van der Waals surface area (Å²) in [7, 11) is -1.60. The molecule has 0 aliphatic rings. The molecule has 1 aromatic rings. The van der Waals surface area contributed by atoms with E-state index in [9.17, 15) is 8.42 Å². The Morgan fingerprint density at radius 3 is 2.45 bits per heavy atom. The van der Waals surface area contributed by atoms with Crippen molar-refractivity contribution in [1.82, 2.24) is 9.62 Å². The summed E-state index contributed by atoms with van der Waals surface area (Å²) in [6, 6.07) is 5.37. The van der Waals surface area contributed by atoms with Crippen molar-refractivity contribution in [2.45, 2.75) is 44.7 Å². The van der Waals surface area contributed by atoms with Crippen LogP contribution in [0.25, 0.3) is 0 Å². The third-order valence-electron chi connectivity index (χ3n) is 3.36. The third kappa shape index (κ3) is 3.81. The highest BCUT2D eigenvalue weighted by Crippen LogP contribution is 2.27. The zero-order chi connectivity index (χ0) is 15.3. The molecule has 0 aliphatic carbocycles. The van der Waals surface area contributed by atoms with Crippen LogP contribution in [0.1, 0.15) is 32.8 Å². The first-order valence-electron chi connectivity index (χ1n) is 6.83. The van der Waals surface area contributed by atoms with Gasteiger partial charge in [-0.25, -0.2) is 8.42 Å². The van der Waals surface area contributed by atoms with Crippen molar-refractivity contribution in [2.75, 3.05) is 13.6 Å². The fourth-order valence-corrected chi connectivity index (χ4v) is 4.92. The monoisotopic (exact) mass is 362 g/mol. The van der Waals surface area contributed by atoms with Crippen LogP contribution in [0.4, 0.5) is 0 Å². The van der Waals surface area contributed by atoms with Crippen LogP contribution in [-0.2, 0) is 16.6 Å². The molecule has 20 heavy (non-hydrogen) atoms. The van der Waals surface area contributed by atoms with Crippen LogP contribution in [0.3, 0.4) is 0 Å². The molecule has 0 aromatic heterocycles. The highest BCUT2D eigenvalue weighted by molar-refractivity contribution is 9.10. The number of rotatable bonds is 7. The maximum absolute atomic E-state index is 12.7. The van der Waals surface area contributed by atoms with Crippen LogP contribution in [0.2, 0.25) is 0 Å². The molecule has 1 N–H and O–H groups in total. The Morgan fingerprint density at radius 1 is 1.35 bits per heavy atom. The van der Waals surface area contributed by atoms with E-state index in [0.717, 1.165) is 12.0 Å². The van der Waals surface area contributed by atoms with E-state index in [1.54, 1.807) is 10.4 Å². The standard InChI is InChI=1S/C14H23BrN2O2S/c1-5-11(3)17(6-2)20(18,19)14-8-7-12(10-16-4)9-13(14)15/h7-9,11,16H,5-6,10H2,1-4H3. The second-order valence-electron chi connectivity index (χ2n) is 4.76. The fourth-order valence-electron chi connectivity index (χ4n) is 2.12. The average Bonchev–Trinajstić information content (AvgIpc) is 2.39. The Kier molecular flexibility index (Phi) is 6.64. The quantitative estimate of drug-likeness (QED) is 0.810. The van der Waals surface area contributed by atoms with Gasteiger partial charge in [-0.15, -0.1) is 0 Å². The predicted molar refractivity (Wildman–Crippen MR) is 86.2 cm³/mol. The summed E-state index contributed by atoms with van der Waals surface area (Å²) in [5, 5.41) is 3.05. The molecule has 0 saturated heterocycles. The SMILES string of the molecule is CCC(C)N(CC)S(=O)(=O)c1ccc(CNC)cc1Br. The van der Waals surface area contributed by atoms with Crippen LogP contribution in [-0.4, -0.2) is 32.4 Å². The summed E-state index contributed by atoms with van der Waals surface area (Å²) in [6.45, 7) is 6.98. The summed E-state index contributed by atoms with van der Waals surface area (Å²) >= 11 is 3.39. The molecule has 1 unspecified atom stereocenters. The number of hydrogen-bond donors (Lipinski definition) is 1. The number of halogens is 1. The number of sulfonamides is 1. The highest BCUT2D eigenvalue weighted by Gasteiger charge is 2.28. The van der Waals surface area contributed by atoms with Gasteiger partial charge in [-0.3, -0.25) is 0 Å². The van der Waals surface area contributed by atoms with Gasteiger partial charge in [-0.05, 0) is 54.0 Å². The molecule has 0 spiro atoms. The summed E-state index contributed by atoms with van der Waals surface area (Å²) in [6.07, 6.45) is 0.794. The van der Waals surface area contributed by atoms with Crippen molar-refractivity contribution in [3.63, 3.8) is 0 Å². The van der Waals surface area contributed by atoms with E-state index in [-0.39, 0.29) is 6.04 Å². The van der Waals surface area contributed by atoms with Crippen LogP contribution >= 0.6 is 15.9 Å². The second-order valence-corrected chi connectivity index (χ2v) is 7.47. The van der Waals surface area contributed by atoms with E-state index < -0.39 is 10.0 Å². The van der Waals surface area contributed by atoms with E-state index in [0.29, 0.717) is 22.5 Å². The largest absolute Gasteiger partial charge is 0.316 e. The van der Waals surface area contributed by atoms with Gasteiger partial charge in [-0.1, -0.05) is 19.9 Å². The maximum atomic E-state index is 12.7. The normalized spacial score (nSPS) is 13.7. The van der Waals surface area contributed by atoms with E-state index in [4.69, 9.17) is 0 Å². The highest BCUT2D eigenvalue weighted by atomic mass is 79.9. The fraction of sp³-hybridized carbons (Fsp3) is 0.571. The smallest absolute Gasteiger partial charge is 0.244 e. The van der Waals surface area contributed by atoms with Crippen molar-refractivity contribution < 1.29 is 8.42 Å². The average molecular weight is 363 g/mol. The van der Waals surface area contributed by atoms with Crippen LogP contribution < -0.4 is 5.32 Å². The lowest BCUT2D eigenvalue weighted by Gasteiger charge is -2.26. The van der Waals surface area contributed by atoms with Crippen molar-refractivity contribution in [3.05, 3.63) is 28.2 Å². The lowest BCUT2D eigenvalue weighted by Crippen LogP contribution is -2.38. The Hall–Kier alpha value is -0.430. The summed E-state index contributed by atoms with van der Waals surface area (Å²) in [5.41, 5.74) is 1.05. The van der Waals surface area contributed by atoms with E-state index in [2.05, 4.69) is 21.2 Å². The van der Waals surface area contributed by atoms with E-state index in [1.165, 1.54) is 0 Å². The molecule has 0 bridgehead atoms. The molecule has 1 rings (SSSR count). The van der Waals surface area contributed by atoms with Crippen LogP contribution in [0, 0.1) is 0 Å². The minimum atomic E-state index is -3.46. The topological polar surface area (TPSA) is 49.4 Å². The van der Waals surface area contributed by atoms with Gasteiger partial charge in [0.1, 0.15) is 0 Å². The number of benzene rings is 1. The molecule has 1 atom stereocenters. The molecule has 0 amide bonds. The van der Waals surface area contributed by atoms with E-state index in [1.807, 2.05) is 40.0 Å². The molecule has 0 radical (unpaired) electrons. The summed E-state index contributed by atoms with van der Waals surface area (Å²) in [4.78, 5) is 0.333. The van der Waals surface area contributed by atoms with Crippen molar-refractivity contribution >= 4 is 26.0 Å². The summed E-state index contributed by atoms with van der Waals surface area (Å²) < 4.78 is 27.6. The first-order valence-corrected chi connectivity index (χ1v) is 9.06. The van der Waals surface area contributed by atoms with Crippen molar-refractivity contribution in [2.24, 2.45) is 0 Å². The van der Waals surface area contributed by atoms with E-state index >= 15 is 0 Å². The molecule has 0 fully saturated rings. The number of nitrogens with one attached hydrogen (secondary N) is 1. The Labute approximate surface area is 130 Å². The zero-order valence-electron chi connectivity index (χ0n) is 12.5. The third-order valence-corrected chi connectivity index (χ3v) is 6.42. The number of hydrogen-bond acceptors (Lipinski definition) is 3. The predicted octanol–water partition coefficient (Wildman–Crippen LogP) is 2.98. The molecular formula is C14H23BrN2O2S. The summed E-state index contributed by atoms with van der Waals surface area (Å²) in [5.74, 6) is 0. The Morgan fingerprint density at radius 2 is 2.00 bits per heavy atom. The van der Waals surface area contributed by atoms with Gasteiger partial charge in [0.25, 0.3) is 0 Å². The minimum Gasteiger partial charge on any atom is -0.316 e. The van der Waals surface area contributed by atoms with Gasteiger partial charge in [-0.2, -0.15) is 4.31 Å². The first kappa shape index (κ1) is 17.6. The first-order chi connectivity index (χ1) is 9.38. The lowest BCUT2D eigenvalue weighted by atomic mass is 10.2. The van der Waals surface area contributed by atoms with Crippen LogP contribution in [0.15, 0.2) is 27.6 Å². The Balaban J connectivity index is 3.21. The minimum absolute atomic E-state index is 0.00566. The van der Waals surface area contributed by atoms with Crippen molar-refractivity contribution in [1.29, 1.82) is 0 Å². The van der Waals surface area contributed by atoms with Gasteiger partial charge in [0.15, 0.2) is 0 Å². The molecule has 1 aromatic carbocycles. The van der Waals surface area contributed by atoms with Gasteiger partial charge < -0.3 is 5.32 Å². The molecule has 0 saturated carbocycles. The molecular weight excluding hydrogens is 340 g/mol. The molecule has 114 valence electrons. The molecule has 0 heterocycles. The molecule has 0 aliphatic heterocycles. The van der Waals surface area contributed by atoms with Gasteiger partial charge in [0, 0.05) is 23.6 Å². The van der Waals surface area contributed by atoms with Crippen molar-refractivity contribution in [3.8, 4) is 0 Å². The van der Waals surface area contributed by atoms with Gasteiger partial charge in [0.2, 0.25) is 10.0 Å². The molecule has 6 heteroatoms. The zero-order valence-corrected chi connectivity index (χ0v) is 14.9.